The summed E-state index contributed by atoms with van der Waals surface area (Å²) in [7, 11) is 0. The summed E-state index contributed by atoms with van der Waals surface area (Å²) in [5.74, 6) is 0. The number of fused-ring (bicyclic) bond motifs is 1. The zero-order valence-corrected chi connectivity index (χ0v) is 7.36. The van der Waals surface area contributed by atoms with E-state index in [-0.39, 0.29) is 0 Å². The molecule has 0 spiro atoms. The molecule has 0 aliphatic rings. The van der Waals surface area contributed by atoms with Crippen molar-refractivity contribution in [3.63, 3.8) is 0 Å². The van der Waals surface area contributed by atoms with Gasteiger partial charge in [-0.25, -0.2) is 0 Å². The standard InChI is InChI=1S/C7H6N2S2/c10-5-1-2-6(11)7-4(5)3-8-9-7/h1-3,10-11H,(H,8,9). The van der Waals surface area contributed by atoms with E-state index in [0.29, 0.717) is 0 Å². The van der Waals surface area contributed by atoms with Gasteiger partial charge in [0.2, 0.25) is 0 Å². The molecule has 1 aromatic carbocycles. The van der Waals surface area contributed by atoms with E-state index < -0.39 is 0 Å². The Morgan fingerprint density at radius 1 is 1.18 bits per heavy atom. The van der Waals surface area contributed by atoms with Gasteiger partial charge in [-0.1, -0.05) is 0 Å². The van der Waals surface area contributed by atoms with Crippen LogP contribution in [0, 0.1) is 0 Å². The molecule has 0 unspecified atom stereocenters. The largest absolute Gasteiger partial charge is 0.277 e. The molecule has 0 bridgehead atoms. The van der Waals surface area contributed by atoms with Crippen LogP contribution in [0.4, 0.5) is 0 Å². The highest BCUT2D eigenvalue weighted by Crippen LogP contribution is 2.24. The fraction of sp³-hybridized carbons (Fsp3) is 0. The maximum atomic E-state index is 4.27. The first-order valence-corrected chi connectivity index (χ1v) is 4.02. The Balaban J connectivity index is 2.96. The smallest absolute Gasteiger partial charge is 0.0794 e. The van der Waals surface area contributed by atoms with Gasteiger partial charge in [-0.05, 0) is 12.1 Å². The molecule has 2 nitrogen and oxygen atoms in total. The first-order valence-electron chi connectivity index (χ1n) is 3.13. The predicted octanol–water partition coefficient (Wildman–Crippen LogP) is 2.14. The number of aromatic nitrogens is 2. The van der Waals surface area contributed by atoms with Gasteiger partial charge in [0.15, 0.2) is 0 Å². The van der Waals surface area contributed by atoms with Crippen molar-refractivity contribution in [3.8, 4) is 0 Å². The first-order chi connectivity index (χ1) is 5.29. The summed E-state index contributed by atoms with van der Waals surface area (Å²) < 4.78 is 0. The molecule has 2 aromatic rings. The summed E-state index contributed by atoms with van der Waals surface area (Å²) in [6, 6.07) is 3.80. The van der Waals surface area contributed by atoms with E-state index in [1.807, 2.05) is 12.1 Å². The van der Waals surface area contributed by atoms with Crippen LogP contribution in [0.15, 0.2) is 28.1 Å². The van der Waals surface area contributed by atoms with Crippen molar-refractivity contribution in [2.75, 3.05) is 0 Å². The minimum atomic E-state index is 0.898. The number of hydrogen-bond acceptors (Lipinski definition) is 3. The number of benzene rings is 1. The molecule has 56 valence electrons. The molecule has 11 heavy (non-hydrogen) atoms. The average molecular weight is 182 g/mol. The van der Waals surface area contributed by atoms with E-state index in [4.69, 9.17) is 0 Å². The topological polar surface area (TPSA) is 28.7 Å². The zero-order valence-electron chi connectivity index (χ0n) is 5.57. The van der Waals surface area contributed by atoms with Crippen molar-refractivity contribution in [1.29, 1.82) is 0 Å². The third kappa shape index (κ3) is 1.02. The molecule has 1 aromatic heterocycles. The van der Waals surface area contributed by atoms with Crippen LogP contribution in [0.5, 0.6) is 0 Å². The SMILES string of the molecule is Sc1ccc(S)c2[nH]ncc12. The Bertz CT molecular complexity index is 358. The Hall–Kier alpha value is -0.610. The van der Waals surface area contributed by atoms with Crippen LogP contribution in [0.3, 0.4) is 0 Å². The van der Waals surface area contributed by atoms with Crippen molar-refractivity contribution in [2.24, 2.45) is 0 Å². The Labute approximate surface area is 74.8 Å². The van der Waals surface area contributed by atoms with E-state index in [0.717, 1.165) is 20.7 Å². The van der Waals surface area contributed by atoms with Crippen LogP contribution in [-0.2, 0) is 0 Å². The summed E-state index contributed by atoms with van der Waals surface area (Å²) in [6.45, 7) is 0. The van der Waals surface area contributed by atoms with Crippen LogP contribution in [0.25, 0.3) is 10.9 Å². The van der Waals surface area contributed by atoms with Crippen LogP contribution < -0.4 is 0 Å². The number of nitrogens with zero attached hydrogens (tertiary/aromatic N) is 1. The molecule has 0 atom stereocenters. The van der Waals surface area contributed by atoms with Crippen LogP contribution in [0.1, 0.15) is 0 Å². The molecule has 0 fully saturated rings. The van der Waals surface area contributed by atoms with E-state index in [1.165, 1.54) is 0 Å². The number of hydrogen-bond donors (Lipinski definition) is 3. The van der Waals surface area contributed by atoms with Gasteiger partial charge in [-0.3, -0.25) is 5.10 Å². The highest BCUT2D eigenvalue weighted by molar-refractivity contribution is 7.81. The Kier molecular flexibility index (Phi) is 1.58. The Morgan fingerprint density at radius 3 is 2.64 bits per heavy atom. The van der Waals surface area contributed by atoms with Gasteiger partial charge in [0.05, 0.1) is 11.7 Å². The predicted molar refractivity (Wildman–Crippen MR) is 50.6 cm³/mol. The second kappa shape index (κ2) is 2.46. The van der Waals surface area contributed by atoms with Gasteiger partial charge >= 0.3 is 0 Å². The molecule has 0 saturated carbocycles. The lowest BCUT2D eigenvalue weighted by molar-refractivity contribution is 1.11. The van der Waals surface area contributed by atoms with E-state index >= 15 is 0 Å². The van der Waals surface area contributed by atoms with Gasteiger partial charge < -0.3 is 0 Å². The molecule has 0 saturated heterocycles. The van der Waals surface area contributed by atoms with Crippen LogP contribution in [-0.4, -0.2) is 10.2 Å². The van der Waals surface area contributed by atoms with Crippen LogP contribution in [0.2, 0.25) is 0 Å². The van der Waals surface area contributed by atoms with E-state index in [1.54, 1.807) is 6.20 Å². The number of rotatable bonds is 0. The Morgan fingerprint density at radius 2 is 1.91 bits per heavy atom. The van der Waals surface area contributed by atoms with Crippen molar-refractivity contribution in [1.82, 2.24) is 10.2 Å². The summed E-state index contributed by atoms with van der Waals surface area (Å²) in [4.78, 5) is 1.82. The lowest BCUT2D eigenvalue weighted by Gasteiger charge is -1.95. The normalized spacial score (nSPS) is 10.7. The molecular formula is C7H6N2S2. The van der Waals surface area contributed by atoms with Crippen molar-refractivity contribution in [2.45, 2.75) is 9.79 Å². The lowest BCUT2D eigenvalue weighted by Crippen LogP contribution is -1.73. The van der Waals surface area contributed by atoms with E-state index in [9.17, 15) is 0 Å². The molecule has 0 amide bonds. The lowest BCUT2D eigenvalue weighted by atomic mass is 10.2. The van der Waals surface area contributed by atoms with Crippen molar-refractivity contribution >= 4 is 36.2 Å². The van der Waals surface area contributed by atoms with Crippen molar-refractivity contribution in [3.05, 3.63) is 18.3 Å². The van der Waals surface area contributed by atoms with Gasteiger partial charge in [0.25, 0.3) is 0 Å². The zero-order chi connectivity index (χ0) is 7.84. The number of nitrogens with one attached hydrogen (secondary N) is 1. The maximum absolute atomic E-state index is 4.27. The fourth-order valence-electron chi connectivity index (χ4n) is 1.01. The number of H-pyrrole nitrogens is 1. The van der Waals surface area contributed by atoms with Crippen molar-refractivity contribution < 1.29 is 0 Å². The molecule has 0 radical (unpaired) electrons. The third-order valence-corrected chi connectivity index (χ3v) is 2.33. The molecule has 4 heteroatoms. The van der Waals surface area contributed by atoms with Gasteiger partial charge in [0.1, 0.15) is 0 Å². The third-order valence-electron chi connectivity index (χ3n) is 1.57. The molecule has 2 rings (SSSR count). The number of aromatic amines is 1. The van der Waals surface area contributed by atoms with Gasteiger partial charge in [0, 0.05) is 15.2 Å². The minimum Gasteiger partial charge on any atom is -0.277 e. The van der Waals surface area contributed by atoms with Gasteiger partial charge in [-0.2, -0.15) is 5.10 Å². The number of thiol groups is 2. The summed E-state index contributed by atoms with van der Waals surface area (Å²) in [5, 5.41) is 7.77. The molecule has 1 heterocycles. The molecule has 0 aliphatic heterocycles. The van der Waals surface area contributed by atoms with E-state index in [2.05, 4.69) is 35.5 Å². The molecular weight excluding hydrogens is 176 g/mol. The summed E-state index contributed by atoms with van der Waals surface area (Å²) in [5.41, 5.74) is 0.945. The highest BCUT2D eigenvalue weighted by atomic mass is 32.1. The monoisotopic (exact) mass is 182 g/mol. The quantitative estimate of drug-likeness (QED) is 0.535. The second-order valence-electron chi connectivity index (χ2n) is 2.26. The minimum absolute atomic E-state index is 0.898. The molecule has 1 N–H and O–H groups in total. The fourth-order valence-corrected chi connectivity index (χ4v) is 1.50. The highest BCUT2D eigenvalue weighted by Gasteiger charge is 2.01. The first kappa shape index (κ1) is 7.06. The maximum Gasteiger partial charge on any atom is 0.0794 e. The van der Waals surface area contributed by atoms with Crippen LogP contribution >= 0.6 is 25.3 Å². The van der Waals surface area contributed by atoms with Gasteiger partial charge in [-0.15, -0.1) is 25.3 Å². The summed E-state index contributed by atoms with van der Waals surface area (Å²) in [6.07, 6.45) is 1.75. The summed E-state index contributed by atoms with van der Waals surface area (Å²) >= 11 is 8.53. The second-order valence-corrected chi connectivity index (χ2v) is 3.23. The molecule has 0 aliphatic carbocycles. The average Bonchev–Trinajstić information content (AvgIpc) is 2.45.